The van der Waals surface area contributed by atoms with E-state index in [0.717, 1.165) is 11.3 Å². The van der Waals surface area contributed by atoms with E-state index < -0.39 is 0 Å². The summed E-state index contributed by atoms with van der Waals surface area (Å²) in [5, 5.41) is 0. The Kier molecular flexibility index (Phi) is 2.93. The largest absolute Gasteiger partial charge is 0.276 e. The molecule has 2 aliphatic carbocycles. The minimum Gasteiger partial charge on any atom is -0.276 e. The van der Waals surface area contributed by atoms with Crippen molar-refractivity contribution in [2.75, 3.05) is 0 Å². The summed E-state index contributed by atoms with van der Waals surface area (Å²) >= 11 is 0. The van der Waals surface area contributed by atoms with E-state index in [-0.39, 0.29) is 0 Å². The predicted molar refractivity (Wildman–Crippen MR) is 82.3 cm³/mol. The molecule has 0 aromatic carbocycles. The van der Waals surface area contributed by atoms with Gasteiger partial charge in [0.25, 0.3) is 0 Å². The molecule has 3 rings (SSSR count). The number of hydrogen-bond donors (Lipinski definition) is 0. The fraction of sp³-hybridized carbons (Fsp3) is 0.389. The van der Waals surface area contributed by atoms with Gasteiger partial charge in [-0.25, -0.2) is 0 Å². The topological polar surface area (TPSA) is 12.4 Å². The molecular weight excluding hydrogens is 230 g/mol. The van der Waals surface area contributed by atoms with Crippen LogP contribution in [-0.4, -0.2) is 11.8 Å². The molecule has 4 atom stereocenters. The van der Waals surface area contributed by atoms with Gasteiger partial charge in [0.05, 0.1) is 11.8 Å². The highest BCUT2D eigenvalue weighted by Gasteiger charge is 2.42. The fourth-order valence-electron chi connectivity index (χ4n) is 3.55. The van der Waals surface area contributed by atoms with Gasteiger partial charge >= 0.3 is 0 Å². The summed E-state index contributed by atoms with van der Waals surface area (Å²) in [5.41, 5.74) is 4.90. The molecule has 0 radical (unpaired) electrons. The quantitative estimate of drug-likeness (QED) is 0.513. The molecule has 4 unspecified atom stereocenters. The second-order valence-electron chi connectivity index (χ2n) is 5.85. The van der Waals surface area contributed by atoms with Crippen LogP contribution in [0.5, 0.6) is 0 Å². The lowest BCUT2D eigenvalue weighted by Gasteiger charge is -2.44. The molecule has 19 heavy (non-hydrogen) atoms. The van der Waals surface area contributed by atoms with Crippen molar-refractivity contribution in [3.63, 3.8) is 0 Å². The SMILES string of the molecule is C=C(/C=C\C)C1=NC2C=CC2C2C1=CC(C)=CC2C. The fourth-order valence-corrected chi connectivity index (χ4v) is 3.55. The average molecular weight is 251 g/mol. The molecule has 0 bridgehead atoms. The third kappa shape index (κ3) is 1.88. The van der Waals surface area contributed by atoms with Crippen LogP contribution in [0.1, 0.15) is 20.8 Å². The standard InChI is InChI=1S/C18H21N/c1-5-6-12(3)18-15-10-11(2)9-13(4)17(15)14-7-8-16(14)19-18/h5-10,13-14,16-17H,3H2,1-2,4H3/b6-5-. The van der Waals surface area contributed by atoms with Gasteiger partial charge in [-0.15, -0.1) is 0 Å². The van der Waals surface area contributed by atoms with Gasteiger partial charge in [-0.05, 0) is 30.9 Å². The Morgan fingerprint density at radius 1 is 1.37 bits per heavy atom. The Hall–Kier alpha value is -1.63. The molecule has 3 aliphatic rings. The molecule has 0 aromatic heterocycles. The molecule has 1 heterocycles. The van der Waals surface area contributed by atoms with Crippen LogP contribution in [0.25, 0.3) is 0 Å². The zero-order chi connectivity index (χ0) is 13.6. The van der Waals surface area contributed by atoms with Crippen molar-refractivity contribution in [3.05, 3.63) is 59.8 Å². The van der Waals surface area contributed by atoms with Crippen LogP contribution >= 0.6 is 0 Å². The van der Waals surface area contributed by atoms with Gasteiger partial charge in [0, 0.05) is 11.8 Å². The third-order valence-corrected chi connectivity index (χ3v) is 4.40. The first-order valence-electron chi connectivity index (χ1n) is 7.10. The molecule has 0 amide bonds. The van der Waals surface area contributed by atoms with Gasteiger partial charge < -0.3 is 0 Å². The van der Waals surface area contributed by atoms with Crippen LogP contribution in [0, 0.1) is 17.8 Å². The van der Waals surface area contributed by atoms with Gasteiger partial charge in [0.2, 0.25) is 0 Å². The van der Waals surface area contributed by atoms with E-state index in [1.807, 2.05) is 13.0 Å². The zero-order valence-electron chi connectivity index (χ0n) is 11.9. The van der Waals surface area contributed by atoms with E-state index in [0.29, 0.717) is 23.8 Å². The first-order valence-corrected chi connectivity index (χ1v) is 7.10. The molecule has 0 fully saturated rings. The number of hydrogen-bond acceptors (Lipinski definition) is 1. The van der Waals surface area contributed by atoms with E-state index in [2.05, 4.69) is 50.8 Å². The highest BCUT2D eigenvalue weighted by atomic mass is 14.9. The monoisotopic (exact) mass is 251 g/mol. The summed E-state index contributed by atoms with van der Waals surface area (Å²) in [4.78, 5) is 4.91. The van der Waals surface area contributed by atoms with Crippen molar-refractivity contribution < 1.29 is 0 Å². The smallest absolute Gasteiger partial charge is 0.0756 e. The van der Waals surface area contributed by atoms with E-state index in [4.69, 9.17) is 4.99 Å². The molecule has 98 valence electrons. The van der Waals surface area contributed by atoms with Crippen molar-refractivity contribution in [1.82, 2.24) is 0 Å². The highest BCUT2D eigenvalue weighted by Crippen LogP contribution is 2.46. The van der Waals surface area contributed by atoms with Crippen LogP contribution in [-0.2, 0) is 0 Å². The molecule has 0 saturated carbocycles. The van der Waals surface area contributed by atoms with Crippen LogP contribution in [0.4, 0.5) is 0 Å². The van der Waals surface area contributed by atoms with E-state index in [9.17, 15) is 0 Å². The Labute approximate surface area is 115 Å². The van der Waals surface area contributed by atoms with Gasteiger partial charge in [0.15, 0.2) is 0 Å². The minimum absolute atomic E-state index is 0.369. The van der Waals surface area contributed by atoms with Crippen molar-refractivity contribution in [2.45, 2.75) is 26.8 Å². The van der Waals surface area contributed by atoms with E-state index >= 15 is 0 Å². The van der Waals surface area contributed by atoms with Crippen molar-refractivity contribution in [1.29, 1.82) is 0 Å². The lowest BCUT2D eigenvalue weighted by Crippen LogP contribution is -2.42. The minimum atomic E-state index is 0.369. The number of fused-ring (bicyclic) bond motifs is 3. The summed E-state index contributed by atoms with van der Waals surface area (Å²) in [7, 11) is 0. The average Bonchev–Trinajstić information content (AvgIpc) is 2.31. The van der Waals surface area contributed by atoms with Gasteiger partial charge in [-0.1, -0.05) is 55.5 Å². The first kappa shape index (κ1) is 12.4. The Balaban J connectivity index is 2.08. The van der Waals surface area contributed by atoms with Crippen LogP contribution < -0.4 is 0 Å². The summed E-state index contributed by atoms with van der Waals surface area (Å²) in [6.07, 6.45) is 13.4. The predicted octanol–water partition coefficient (Wildman–Crippen LogP) is 4.27. The first-order chi connectivity index (χ1) is 9.11. The maximum absolute atomic E-state index is 4.91. The summed E-state index contributed by atoms with van der Waals surface area (Å²) < 4.78 is 0. The number of aliphatic imine (C=N–C) groups is 1. The number of nitrogens with zero attached hydrogens (tertiary/aromatic N) is 1. The molecule has 1 aliphatic heterocycles. The van der Waals surface area contributed by atoms with Crippen LogP contribution in [0.15, 0.2) is 64.7 Å². The second kappa shape index (κ2) is 4.48. The maximum Gasteiger partial charge on any atom is 0.0756 e. The Morgan fingerprint density at radius 3 is 2.79 bits per heavy atom. The normalized spacial score (nSPS) is 35.8. The van der Waals surface area contributed by atoms with Crippen LogP contribution in [0.2, 0.25) is 0 Å². The summed E-state index contributed by atoms with van der Waals surface area (Å²) in [6, 6.07) is 0.369. The maximum atomic E-state index is 4.91. The lowest BCUT2D eigenvalue weighted by molar-refractivity contribution is 0.320. The number of allylic oxidation sites excluding steroid dienone is 7. The summed E-state index contributed by atoms with van der Waals surface area (Å²) in [5.74, 6) is 1.75. The lowest BCUT2D eigenvalue weighted by atomic mass is 9.64. The molecule has 0 saturated heterocycles. The zero-order valence-corrected chi connectivity index (χ0v) is 11.9. The van der Waals surface area contributed by atoms with Crippen LogP contribution in [0.3, 0.4) is 0 Å². The molecule has 1 heteroatoms. The second-order valence-corrected chi connectivity index (χ2v) is 5.85. The molecule has 1 nitrogen and oxygen atoms in total. The molecule has 0 aromatic rings. The van der Waals surface area contributed by atoms with E-state index in [1.165, 1.54) is 11.1 Å². The van der Waals surface area contributed by atoms with E-state index in [1.54, 1.807) is 0 Å². The Bertz CT molecular complexity index is 568. The number of rotatable bonds is 2. The summed E-state index contributed by atoms with van der Waals surface area (Å²) in [6.45, 7) is 10.7. The van der Waals surface area contributed by atoms with Crippen molar-refractivity contribution in [2.24, 2.45) is 22.7 Å². The van der Waals surface area contributed by atoms with Crippen molar-refractivity contribution in [3.8, 4) is 0 Å². The third-order valence-electron chi connectivity index (χ3n) is 4.40. The van der Waals surface area contributed by atoms with Gasteiger partial charge in [0.1, 0.15) is 0 Å². The highest BCUT2D eigenvalue weighted by molar-refractivity contribution is 6.15. The molecule has 0 spiro atoms. The Morgan fingerprint density at radius 2 is 2.16 bits per heavy atom. The van der Waals surface area contributed by atoms with Gasteiger partial charge in [-0.2, -0.15) is 0 Å². The molecular formula is C18H21N. The molecule has 0 N–H and O–H groups in total. The van der Waals surface area contributed by atoms with Gasteiger partial charge in [-0.3, -0.25) is 4.99 Å². The van der Waals surface area contributed by atoms with Crippen molar-refractivity contribution >= 4 is 5.71 Å².